The predicted octanol–water partition coefficient (Wildman–Crippen LogP) is 3.25. The summed E-state index contributed by atoms with van der Waals surface area (Å²) in [6, 6.07) is 7.32. The molecule has 0 aliphatic carbocycles. The molecular formula is C19H22FN5. The maximum atomic E-state index is 14.0. The van der Waals surface area contributed by atoms with Crippen LogP contribution < -0.4 is 0 Å². The Morgan fingerprint density at radius 1 is 1.28 bits per heavy atom. The van der Waals surface area contributed by atoms with E-state index in [2.05, 4.69) is 20.0 Å². The Hall–Kier alpha value is -2.34. The smallest absolute Gasteiger partial charge is 0.147 e. The molecule has 3 aromatic rings. The number of hydrogen-bond donors (Lipinski definition) is 0. The lowest BCUT2D eigenvalue weighted by Gasteiger charge is -2.25. The van der Waals surface area contributed by atoms with Crippen molar-refractivity contribution in [2.24, 2.45) is 0 Å². The SMILES string of the molecule is Cc1nc(C)n(CC2CCCN2Cc2cc(F)cc3cccnc23)n1. The van der Waals surface area contributed by atoms with Gasteiger partial charge in [0.15, 0.2) is 0 Å². The Balaban J connectivity index is 1.58. The Labute approximate surface area is 146 Å². The number of nitrogens with zero attached hydrogens (tertiary/aromatic N) is 5. The molecule has 2 aromatic heterocycles. The molecule has 0 bridgehead atoms. The van der Waals surface area contributed by atoms with Crippen LogP contribution in [0, 0.1) is 19.7 Å². The Kier molecular flexibility index (Phi) is 4.21. The molecule has 25 heavy (non-hydrogen) atoms. The summed E-state index contributed by atoms with van der Waals surface area (Å²) in [6.45, 7) is 6.46. The monoisotopic (exact) mass is 339 g/mol. The highest BCUT2D eigenvalue weighted by Gasteiger charge is 2.26. The number of aromatic nitrogens is 4. The predicted molar refractivity (Wildman–Crippen MR) is 94.6 cm³/mol. The molecular weight excluding hydrogens is 317 g/mol. The zero-order valence-electron chi connectivity index (χ0n) is 14.6. The van der Waals surface area contributed by atoms with Gasteiger partial charge >= 0.3 is 0 Å². The van der Waals surface area contributed by atoms with Gasteiger partial charge in [-0.15, -0.1) is 0 Å². The normalized spacial score (nSPS) is 18.3. The molecule has 0 spiro atoms. The van der Waals surface area contributed by atoms with Crippen molar-refractivity contribution in [3.8, 4) is 0 Å². The highest BCUT2D eigenvalue weighted by Crippen LogP contribution is 2.25. The minimum absolute atomic E-state index is 0.200. The van der Waals surface area contributed by atoms with Gasteiger partial charge in [0.05, 0.1) is 12.1 Å². The van der Waals surface area contributed by atoms with E-state index in [4.69, 9.17) is 0 Å². The van der Waals surface area contributed by atoms with Gasteiger partial charge in [0.2, 0.25) is 0 Å². The molecule has 1 aliphatic rings. The second kappa shape index (κ2) is 6.52. The fraction of sp³-hybridized carbons (Fsp3) is 0.421. The van der Waals surface area contributed by atoms with Crippen LogP contribution in [-0.2, 0) is 13.1 Å². The Morgan fingerprint density at radius 2 is 2.16 bits per heavy atom. The second-order valence-electron chi connectivity index (χ2n) is 6.79. The summed E-state index contributed by atoms with van der Waals surface area (Å²) in [5.74, 6) is 1.55. The summed E-state index contributed by atoms with van der Waals surface area (Å²) >= 11 is 0. The van der Waals surface area contributed by atoms with Crippen LogP contribution in [0.5, 0.6) is 0 Å². The first-order chi connectivity index (χ1) is 12.1. The van der Waals surface area contributed by atoms with Gasteiger partial charge in [0.25, 0.3) is 0 Å². The van der Waals surface area contributed by atoms with Crippen LogP contribution in [0.25, 0.3) is 10.9 Å². The van der Waals surface area contributed by atoms with Crippen LogP contribution >= 0.6 is 0 Å². The first-order valence-electron chi connectivity index (χ1n) is 8.75. The number of likely N-dealkylation sites (tertiary alicyclic amines) is 1. The van der Waals surface area contributed by atoms with Gasteiger partial charge in [-0.2, -0.15) is 5.10 Å². The summed E-state index contributed by atoms with van der Waals surface area (Å²) in [4.78, 5) is 11.3. The zero-order chi connectivity index (χ0) is 17.4. The fourth-order valence-electron chi connectivity index (χ4n) is 3.81. The molecule has 5 nitrogen and oxygen atoms in total. The van der Waals surface area contributed by atoms with E-state index < -0.39 is 0 Å². The lowest BCUT2D eigenvalue weighted by molar-refractivity contribution is 0.218. The van der Waals surface area contributed by atoms with Crippen molar-refractivity contribution in [3.05, 3.63) is 53.5 Å². The number of benzene rings is 1. The van der Waals surface area contributed by atoms with Gasteiger partial charge in [-0.05, 0) is 57.0 Å². The number of hydrogen-bond acceptors (Lipinski definition) is 4. The fourth-order valence-corrected chi connectivity index (χ4v) is 3.81. The lowest BCUT2D eigenvalue weighted by Crippen LogP contribution is -2.33. The van der Waals surface area contributed by atoms with Crippen molar-refractivity contribution in [2.75, 3.05) is 6.54 Å². The topological polar surface area (TPSA) is 46.8 Å². The van der Waals surface area contributed by atoms with Crippen LogP contribution in [0.1, 0.15) is 30.1 Å². The van der Waals surface area contributed by atoms with E-state index >= 15 is 0 Å². The van der Waals surface area contributed by atoms with E-state index in [1.165, 1.54) is 0 Å². The molecule has 3 heterocycles. The van der Waals surface area contributed by atoms with Gasteiger partial charge in [-0.25, -0.2) is 14.1 Å². The van der Waals surface area contributed by atoms with Crippen LogP contribution in [0.3, 0.4) is 0 Å². The molecule has 6 heteroatoms. The summed E-state index contributed by atoms with van der Waals surface area (Å²) in [5.41, 5.74) is 1.84. The van der Waals surface area contributed by atoms with E-state index in [9.17, 15) is 4.39 Å². The molecule has 0 saturated carbocycles. The number of fused-ring (bicyclic) bond motifs is 1. The van der Waals surface area contributed by atoms with Gasteiger partial charge in [0, 0.05) is 24.2 Å². The molecule has 4 rings (SSSR count). The molecule has 1 aromatic carbocycles. The zero-order valence-corrected chi connectivity index (χ0v) is 14.6. The standard InChI is InChI=1S/C19H22FN5/c1-13-22-14(2)25(23-13)12-18-6-4-8-24(18)11-16-10-17(20)9-15-5-3-7-21-19(15)16/h3,5,7,9-10,18H,4,6,8,11-12H2,1-2H3. The Morgan fingerprint density at radius 3 is 2.96 bits per heavy atom. The maximum absolute atomic E-state index is 14.0. The van der Waals surface area contributed by atoms with E-state index in [0.29, 0.717) is 12.6 Å². The van der Waals surface area contributed by atoms with Crippen molar-refractivity contribution < 1.29 is 4.39 Å². The summed E-state index contributed by atoms with van der Waals surface area (Å²) in [6.07, 6.45) is 4.05. The molecule has 1 aliphatic heterocycles. The third-order valence-corrected chi connectivity index (χ3v) is 4.97. The third kappa shape index (κ3) is 3.26. The average molecular weight is 339 g/mol. The highest BCUT2D eigenvalue weighted by atomic mass is 19.1. The largest absolute Gasteiger partial charge is 0.294 e. The van der Waals surface area contributed by atoms with Crippen molar-refractivity contribution in [1.82, 2.24) is 24.6 Å². The number of aryl methyl sites for hydroxylation is 2. The minimum atomic E-state index is -0.200. The van der Waals surface area contributed by atoms with Gasteiger partial charge < -0.3 is 0 Å². The molecule has 1 atom stereocenters. The van der Waals surface area contributed by atoms with Gasteiger partial charge in [-0.1, -0.05) is 6.07 Å². The van der Waals surface area contributed by atoms with Crippen LogP contribution in [0.2, 0.25) is 0 Å². The molecule has 1 unspecified atom stereocenters. The van der Waals surface area contributed by atoms with Crippen molar-refractivity contribution in [2.45, 2.75) is 45.8 Å². The second-order valence-corrected chi connectivity index (χ2v) is 6.79. The van der Waals surface area contributed by atoms with Crippen molar-refractivity contribution >= 4 is 10.9 Å². The number of halogens is 1. The highest BCUT2D eigenvalue weighted by molar-refractivity contribution is 5.81. The van der Waals surface area contributed by atoms with E-state index in [0.717, 1.165) is 54.0 Å². The summed E-state index contributed by atoms with van der Waals surface area (Å²) in [7, 11) is 0. The molecule has 0 amide bonds. The number of pyridine rings is 1. The minimum Gasteiger partial charge on any atom is -0.294 e. The van der Waals surface area contributed by atoms with E-state index in [-0.39, 0.29) is 5.82 Å². The first-order valence-corrected chi connectivity index (χ1v) is 8.75. The van der Waals surface area contributed by atoms with Gasteiger partial charge in [-0.3, -0.25) is 9.88 Å². The Bertz CT molecular complexity index is 904. The molecule has 130 valence electrons. The van der Waals surface area contributed by atoms with Crippen LogP contribution in [0.15, 0.2) is 30.5 Å². The lowest BCUT2D eigenvalue weighted by atomic mass is 10.1. The van der Waals surface area contributed by atoms with E-state index in [1.807, 2.05) is 30.7 Å². The molecule has 0 N–H and O–H groups in total. The van der Waals surface area contributed by atoms with Crippen LogP contribution in [-0.4, -0.2) is 37.2 Å². The quantitative estimate of drug-likeness (QED) is 0.732. The number of rotatable bonds is 4. The summed E-state index contributed by atoms with van der Waals surface area (Å²) < 4.78 is 16.0. The first kappa shape index (κ1) is 16.1. The molecule has 0 radical (unpaired) electrons. The average Bonchev–Trinajstić information content (AvgIpc) is 3.14. The summed E-state index contributed by atoms with van der Waals surface area (Å²) in [5, 5.41) is 5.34. The van der Waals surface area contributed by atoms with Crippen molar-refractivity contribution in [3.63, 3.8) is 0 Å². The molecule has 1 fully saturated rings. The van der Waals surface area contributed by atoms with Crippen LogP contribution in [0.4, 0.5) is 4.39 Å². The van der Waals surface area contributed by atoms with Crippen molar-refractivity contribution in [1.29, 1.82) is 0 Å². The van der Waals surface area contributed by atoms with Gasteiger partial charge in [0.1, 0.15) is 17.5 Å². The van der Waals surface area contributed by atoms with E-state index in [1.54, 1.807) is 18.3 Å². The maximum Gasteiger partial charge on any atom is 0.147 e. The molecule has 1 saturated heterocycles. The third-order valence-electron chi connectivity index (χ3n) is 4.97.